The Labute approximate surface area is 188 Å². The number of fused-ring (bicyclic) bond motifs is 1. The van der Waals surface area contributed by atoms with E-state index in [1.54, 1.807) is 28.8 Å². The third kappa shape index (κ3) is 4.15. The van der Waals surface area contributed by atoms with Crippen molar-refractivity contribution < 1.29 is 14.3 Å². The molecule has 1 fully saturated rings. The summed E-state index contributed by atoms with van der Waals surface area (Å²) in [6, 6.07) is 10.6. The molecule has 30 heavy (non-hydrogen) atoms. The molecule has 8 heteroatoms. The Bertz CT molecular complexity index is 1150. The highest BCUT2D eigenvalue weighted by atomic mass is 35.5. The number of hydrogen-bond donors (Lipinski definition) is 1. The second kappa shape index (κ2) is 8.50. The van der Waals surface area contributed by atoms with Gasteiger partial charge in [-0.25, -0.2) is 0 Å². The predicted molar refractivity (Wildman–Crippen MR) is 119 cm³/mol. The first-order valence-electron chi connectivity index (χ1n) is 9.62. The molecule has 1 aliphatic carbocycles. The van der Waals surface area contributed by atoms with Crippen LogP contribution in [0, 0.1) is 0 Å². The zero-order valence-corrected chi connectivity index (χ0v) is 18.4. The number of hydrogen-bond acceptors (Lipinski definition) is 3. The Kier molecular flexibility index (Phi) is 5.96. The summed E-state index contributed by atoms with van der Waals surface area (Å²) < 4.78 is 7.35. The van der Waals surface area contributed by atoms with E-state index in [-0.39, 0.29) is 16.8 Å². The van der Waals surface area contributed by atoms with Gasteiger partial charge in [0.2, 0.25) is 0 Å². The van der Waals surface area contributed by atoms with Crippen molar-refractivity contribution in [2.24, 2.45) is 0 Å². The number of rotatable bonds is 7. The number of Topliss-reactive ketones (excluding diaryl/α,β-unsaturated/α-hetero) is 1. The standard InChI is InChI=1S/C22H19Cl3N2O3/c1-2-30-15-7-8-18-16(10-15)19(20(28)22(29)26-14-5-6-14)21(25)27(18)11-12-3-4-13(23)9-17(12)24/h3-4,7-10,14H,2,5-6,11H2,1H3,(H,26,29). The fraction of sp³-hybridized carbons (Fsp3) is 0.273. The summed E-state index contributed by atoms with van der Waals surface area (Å²) in [5, 5.41) is 4.50. The molecule has 156 valence electrons. The zero-order chi connectivity index (χ0) is 21.4. The summed E-state index contributed by atoms with van der Waals surface area (Å²) in [5.41, 5.74) is 1.66. The summed E-state index contributed by atoms with van der Waals surface area (Å²) in [6.45, 7) is 2.67. The van der Waals surface area contributed by atoms with E-state index in [2.05, 4.69) is 5.32 Å². The Morgan fingerprint density at radius 3 is 2.57 bits per heavy atom. The first-order valence-corrected chi connectivity index (χ1v) is 10.8. The van der Waals surface area contributed by atoms with Crippen LogP contribution in [0.5, 0.6) is 5.75 Å². The van der Waals surface area contributed by atoms with E-state index < -0.39 is 11.7 Å². The first-order chi connectivity index (χ1) is 14.4. The van der Waals surface area contributed by atoms with Gasteiger partial charge in [-0.1, -0.05) is 40.9 Å². The molecule has 0 atom stereocenters. The largest absolute Gasteiger partial charge is 0.494 e. The van der Waals surface area contributed by atoms with Crippen LogP contribution in [0.3, 0.4) is 0 Å². The molecule has 1 aliphatic rings. The number of carbonyl (C=O) groups is 2. The molecule has 0 saturated heterocycles. The van der Waals surface area contributed by atoms with Crippen molar-refractivity contribution in [3.05, 3.63) is 62.7 Å². The Balaban J connectivity index is 1.82. The number of halogens is 3. The number of ketones is 1. The molecule has 0 spiro atoms. The average Bonchev–Trinajstić information content (AvgIpc) is 3.47. The minimum atomic E-state index is -0.661. The molecule has 1 N–H and O–H groups in total. The highest BCUT2D eigenvalue weighted by Gasteiger charge is 2.31. The highest BCUT2D eigenvalue weighted by Crippen LogP contribution is 2.35. The van der Waals surface area contributed by atoms with E-state index in [1.165, 1.54) is 0 Å². The lowest BCUT2D eigenvalue weighted by molar-refractivity contribution is -0.117. The lowest BCUT2D eigenvalue weighted by Crippen LogP contribution is -2.32. The molecular weight excluding hydrogens is 447 g/mol. The fourth-order valence-electron chi connectivity index (χ4n) is 3.34. The number of ether oxygens (including phenoxy) is 1. The molecule has 0 aliphatic heterocycles. The van der Waals surface area contributed by atoms with Crippen LogP contribution in [0.15, 0.2) is 36.4 Å². The molecule has 1 heterocycles. The minimum absolute atomic E-state index is 0.0698. The zero-order valence-electron chi connectivity index (χ0n) is 16.2. The smallest absolute Gasteiger partial charge is 0.292 e. The summed E-state index contributed by atoms with van der Waals surface area (Å²) in [5.74, 6) is -0.712. The third-order valence-corrected chi connectivity index (χ3v) is 5.95. The van der Waals surface area contributed by atoms with Crippen LogP contribution in [0.1, 0.15) is 35.7 Å². The van der Waals surface area contributed by atoms with E-state index >= 15 is 0 Å². The van der Waals surface area contributed by atoms with Gasteiger partial charge in [0.25, 0.3) is 11.7 Å². The van der Waals surface area contributed by atoms with Crippen molar-refractivity contribution in [3.8, 4) is 5.75 Å². The summed E-state index contributed by atoms with van der Waals surface area (Å²) in [4.78, 5) is 25.5. The van der Waals surface area contributed by atoms with Crippen LogP contribution in [-0.2, 0) is 11.3 Å². The molecule has 1 aromatic heterocycles. The van der Waals surface area contributed by atoms with E-state index in [4.69, 9.17) is 39.5 Å². The van der Waals surface area contributed by atoms with Gasteiger partial charge in [0.05, 0.1) is 24.2 Å². The van der Waals surface area contributed by atoms with Crippen molar-refractivity contribution in [2.75, 3.05) is 6.61 Å². The number of benzene rings is 2. The lowest BCUT2D eigenvalue weighted by atomic mass is 10.1. The topological polar surface area (TPSA) is 60.3 Å². The Morgan fingerprint density at radius 2 is 1.90 bits per heavy atom. The molecule has 1 amide bonds. The summed E-state index contributed by atoms with van der Waals surface area (Å²) in [7, 11) is 0. The Hall–Kier alpha value is -2.21. The van der Waals surface area contributed by atoms with E-state index in [0.717, 1.165) is 18.4 Å². The number of nitrogens with zero attached hydrogens (tertiary/aromatic N) is 1. The molecule has 1 saturated carbocycles. The van der Waals surface area contributed by atoms with Crippen molar-refractivity contribution >= 4 is 57.4 Å². The van der Waals surface area contributed by atoms with Gasteiger partial charge in [0.1, 0.15) is 10.9 Å². The van der Waals surface area contributed by atoms with Crippen LogP contribution < -0.4 is 10.1 Å². The van der Waals surface area contributed by atoms with Crippen LogP contribution in [-0.4, -0.2) is 28.9 Å². The molecule has 2 aromatic carbocycles. The van der Waals surface area contributed by atoms with Gasteiger partial charge in [-0.05, 0) is 55.7 Å². The molecule has 0 bridgehead atoms. The molecular formula is C22H19Cl3N2O3. The molecule has 0 radical (unpaired) electrons. The number of amides is 1. The van der Waals surface area contributed by atoms with Gasteiger partial charge in [0.15, 0.2) is 0 Å². The SMILES string of the molecule is CCOc1ccc2c(c1)c(C(=O)C(=O)NC1CC1)c(Cl)n2Cc1ccc(Cl)cc1Cl. The van der Waals surface area contributed by atoms with Gasteiger partial charge in [0, 0.05) is 21.5 Å². The van der Waals surface area contributed by atoms with Crippen molar-refractivity contribution in [3.63, 3.8) is 0 Å². The van der Waals surface area contributed by atoms with E-state index in [1.807, 2.05) is 19.1 Å². The highest BCUT2D eigenvalue weighted by molar-refractivity contribution is 6.49. The second-order valence-electron chi connectivity index (χ2n) is 7.18. The molecule has 4 rings (SSSR count). The molecule has 0 unspecified atom stereocenters. The van der Waals surface area contributed by atoms with Crippen molar-refractivity contribution in [1.82, 2.24) is 9.88 Å². The lowest BCUT2D eigenvalue weighted by Gasteiger charge is -2.10. The predicted octanol–water partition coefficient (Wildman–Crippen LogP) is 5.51. The van der Waals surface area contributed by atoms with Crippen LogP contribution in [0.2, 0.25) is 15.2 Å². The number of carbonyl (C=O) groups excluding carboxylic acids is 2. The van der Waals surface area contributed by atoms with E-state index in [9.17, 15) is 9.59 Å². The fourth-order valence-corrected chi connectivity index (χ4v) is 4.15. The van der Waals surface area contributed by atoms with Crippen molar-refractivity contribution in [1.29, 1.82) is 0 Å². The normalized spacial score (nSPS) is 13.5. The summed E-state index contributed by atoms with van der Waals surface area (Å²) >= 11 is 19.0. The maximum atomic E-state index is 13.0. The minimum Gasteiger partial charge on any atom is -0.494 e. The Morgan fingerprint density at radius 1 is 1.13 bits per heavy atom. The van der Waals surface area contributed by atoms with Crippen LogP contribution >= 0.6 is 34.8 Å². The quantitative estimate of drug-likeness (QED) is 0.370. The molecule has 5 nitrogen and oxygen atoms in total. The summed E-state index contributed by atoms with van der Waals surface area (Å²) in [6.07, 6.45) is 1.77. The maximum absolute atomic E-state index is 13.0. The first kappa shape index (κ1) is 21.0. The van der Waals surface area contributed by atoms with Gasteiger partial charge >= 0.3 is 0 Å². The van der Waals surface area contributed by atoms with Crippen LogP contribution in [0.4, 0.5) is 0 Å². The third-order valence-electron chi connectivity index (χ3n) is 4.97. The maximum Gasteiger partial charge on any atom is 0.292 e. The van der Waals surface area contributed by atoms with Gasteiger partial charge in [-0.2, -0.15) is 0 Å². The molecule has 3 aromatic rings. The number of nitrogens with one attached hydrogen (secondary N) is 1. The van der Waals surface area contributed by atoms with Gasteiger partial charge in [-0.3, -0.25) is 9.59 Å². The van der Waals surface area contributed by atoms with Crippen molar-refractivity contribution in [2.45, 2.75) is 32.4 Å². The average molecular weight is 466 g/mol. The van der Waals surface area contributed by atoms with Crippen LogP contribution in [0.25, 0.3) is 10.9 Å². The number of aromatic nitrogens is 1. The van der Waals surface area contributed by atoms with Gasteiger partial charge < -0.3 is 14.6 Å². The van der Waals surface area contributed by atoms with E-state index in [0.29, 0.717) is 39.8 Å². The second-order valence-corrected chi connectivity index (χ2v) is 8.38. The monoisotopic (exact) mass is 464 g/mol. The van der Waals surface area contributed by atoms with Gasteiger partial charge in [-0.15, -0.1) is 0 Å².